The molecule has 5 aliphatic rings. The first-order valence-corrected chi connectivity index (χ1v) is 25.4. The first kappa shape index (κ1) is 48.2. The highest BCUT2D eigenvalue weighted by Crippen LogP contribution is 2.34. The van der Waals surface area contributed by atoms with Crippen molar-refractivity contribution in [1.29, 1.82) is 0 Å². The summed E-state index contributed by atoms with van der Waals surface area (Å²) in [5.41, 5.74) is 7.56. The van der Waals surface area contributed by atoms with Crippen LogP contribution < -0.4 is 15.5 Å². The number of piperidine rings is 2. The molecule has 3 fully saturated rings. The lowest BCUT2D eigenvalue weighted by Crippen LogP contribution is -2.54. The highest BCUT2D eigenvalue weighted by Gasteiger charge is 2.45. The number of carbonyl (C=O) groups is 5. The molecule has 7 heterocycles. The van der Waals surface area contributed by atoms with Crippen LogP contribution >= 0.6 is 0 Å². The van der Waals surface area contributed by atoms with E-state index in [9.17, 15) is 24.0 Å². The number of hydrogen-bond acceptors (Lipinski definition) is 12. The number of fused-ring (bicyclic) bond motifs is 3. The number of para-hydroxylation sites is 1. The zero-order valence-electron chi connectivity index (χ0n) is 41.2. The predicted molar refractivity (Wildman–Crippen MR) is 280 cm³/mol. The van der Waals surface area contributed by atoms with Crippen molar-refractivity contribution in [2.75, 3.05) is 76.2 Å². The van der Waals surface area contributed by atoms with Crippen LogP contribution in [0.5, 0.6) is 0 Å². The zero-order valence-corrected chi connectivity index (χ0v) is 41.2. The van der Waals surface area contributed by atoms with Crippen LogP contribution in [0.1, 0.15) is 84.7 Å². The normalized spacial score (nSPS) is 18.6. The number of nitrogens with zero attached hydrogens (tertiary/aromatic N) is 8. The maximum Gasteiger partial charge on any atom is 0.262 e. The molecular weight excluding hydrogens is 936 g/mol. The number of halogens is 1. The fourth-order valence-electron chi connectivity index (χ4n) is 10.8. The average molecular weight is 991 g/mol. The third-order valence-electron chi connectivity index (χ3n) is 15.0. The van der Waals surface area contributed by atoms with Crippen molar-refractivity contribution in [1.82, 2.24) is 39.9 Å². The molecule has 3 saturated heterocycles. The molecule has 2 N–H and O–H groups in total. The molecule has 0 saturated carbocycles. The Morgan fingerprint density at radius 2 is 1.51 bits per heavy atom. The number of rotatable bonds is 10. The van der Waals surface area contributed by atoms with E-state index in [-0.39, 0.29) is 35.6 Å². The van der Waals surface area contributed by atoms with Gasteiger partial charge in [0.25, 0.3) is 17.7 Å². The molecule has 1 unspecified atom stereocenters. The van der Waals surface area contributed by atoms with Crippen LogP contribution in [-0.2, 0) is 22.6 Å². The fraction of sp³-hybridized carbons (Fsp3) is 0.310. The number of imide groups is 2. The predicted octanol–water partition coefficient (Wildman–Crippen LogP) is 6.53. The molecule has 15 nitrogen and oxygen atoms in total. The summed E-state index contributed by atoms with van der Waals surface area (Å²) in [4.78, 5) is 88.2. The Kier molecular flexibility index (Phi) is 13.5. The molecule has 11 rings (SSSR count). The van der Waals surface area contributed by atoms with Gasteiger partial charge in [-0.15, -0.1) is 0 Å². The molecule has 5 amide bonds. The number of anilines is 2. The summed E-state index contributed by atoms with van der Waals surface area (Å²) < 4.78 is 15.5. The van der Waals surface area contributed by atoms with Crippen molar-refractivity contribution in [3.05, 3.63) is 148 Å². The summed E-state index contributed by atoms with van der Waals surface area (Å²) in [6.45, 7) is 7.27. The van der Waals surface area contributed by atoms with Gasteiger partial charge in [-0.1, -0.05) is 66.5 Å². The Morgan fingerprint density at radius 3 is 2.24 bits per heavy atom. The Balaban J connectivity index is 0.616. The second-order valence-electron chi connectivity index (χ2n) is 19.6. The van der Waals surface area contributed by atoms with Crippen molar-refractivity contribution in [3.63, 3.8) is 0 Å². The van der Waals surface area contributed by atoms with Crippen LogP contribution in [-0.4, -0.2) is 136 Å². The molecule has 0 aliphatic carbocycles. The van der Waals surface area contributed by atoms with Gasteiger partial charge in [-0.3, -0.25) is 49.0 Å². The highest BCUT2D eigenvalue weighted by atomic mass is 19.1. The molecule has 5 aliphatic heterocycles. The second-order valence-corrected chi connectivity index (χ2v) is 19.6. The van der Waals surface area contributed by atoms with Crippen LogP contribution in [0.25, 0.3) is 34.4 Å². The van der Waals surface area contributed by atoms with Crippen LogP contribution in [0.2, 0.25) is 0 Å². The van der Waals surface area contributed by atoms with Crippen LogP contribution in [0.15, 0.2) is 97.2 Å². The van der Waals surface area contributed by atoms with E-state index in [0.717, 1.165) is 107 Å². The molecule has 16 heteroatoms. The van der Waals surface area contributed by atoms with E-state index in [1.165, 1.54) is 6.07 Å². The monoisotopic (exact) mass is 990 g/mol. The van der Waals surface area contributed by atoms with Crippen LogP contribution in [0, 0.1) is 23.6 Å². The molecule has 2 aromatic heterocycles. The van der Waals surface area contributed by atoms with Gasteiger partial charge in [0.15, 0.2) is 5.82 Å². The minimum absolute atomic E-state index is 0.0209. The van der Waals surface area contributed by atoms with E-state index >= 15 is 4.39 Å². The van der Waals surface area contributed by atoms with Crippen molar-refractivity contribution < 1.29 is 28.4 Å². The third kappa shape index (κ3) is 10.0. The first-order chi connectivity index (χ1) is 36.0. The molecule has 0 spiro atoms. The molecule has 374 valence electrons. The minimum atomic E-state index is -1.09. The van der Waals surface area contributed by atoms with E-state index in [0.29, 0.717) is 56.5 Å². The summed E-state index contributed by atoms with van der Waals surface area (Å²) in [6, 6.07) is 27.4. The quantitative estimate of drug-likeness (QED) is 0.0869. The molecule has 0 bridgehead atoms. The zero-order chi connectivity index (χ0) is 50.9. The summed E-state index contributed by atoms with van der Waals surface area (Å²) in [5, 5.41) is 6.45. The van der Waals surface area contributed by atoms with Crippen molar-refractivity contribution in [2.24, 2.45) is 5.92 Å². The number of aromatic nitrogens is 3. The van der Waals surface area contributed by atoms with E-state index in [1.54, 1.807) is 6.20 Å². The Labute approximate surface area is 428 Å². The van der Waals surface area contributed by atoms with Gasteiger partial charge in [0.2, 0.25) is 11.8 Å². The summed E-state index contributed by atoms with van der Waals surface area (Å²) in [5.74, 6) is 5.52. The minimum Gasteiger partial charge on any atom is -0.373 e. The Bertz CT molecular complexity index is 3300. The molecule has 4 aromatic carbocycles. The van der Waals surface area contributed by atoms with Crippen LogP contribution in [0.4, 0.5) is 15.9 Å². The summed E-state index contributed by atoms with van der Waals surface area (Å²) in [7, 11) is 1.86. The van der Waals surface area contributed by atoms with E-state index in [1.807, 2.05) is 89.7 Å². The number of pyridine rings is 1. The van der Waals surface area contributed by atoms with Gasteiger partial charge >= 0.3 is 0 Å². The number of carbonyl (C=O) groups excluding carboxylic acids is 5. The second kappa shape index (κ2) is 20.8. The van der Waals surface area contributed by atoms with Crippen LogP contribution in [0.3, 0.4) is 0 Å². The number of likely N-dealkylation sites (tertiary alicyclic amines) is 1. The smallest absolute Gasteiger partial charge is 0.262 e. The standard InChI is InChI=1S/C58H55FN10O5/c1-60-54-44-22-26-68(36-49(44)62-53(64-54)43-31-42-6-2-3-7-48(42)61-34-43)56(72)41-16-14-39(15-17-41)13-12-38-10-8-37(9-11-38)5-4-23-65-24-20-40(21-25-65)35-66-27-29-67(30-28-66)51-33-46-45(32-47(51)59)57(73)69(58(46)74)50-18-19-52(70)63-55(50)71/h2-3,6-17,31-34,40,50H,18-30,35-36H2,1H3,(H,60,62,64)(H,63,70,71)/b13-12+. The number of amides is 5. The number of benzene rings is 4. The van der Waals surface area contributed by atoms with E-state index in [2.05, 4.69) is 55.5 Å². The lowest BCUT2D eigenvalue weighted by Gasteiger charge is -2.39. The van der Waals surface area contributed by atoms with Gasteiger partial charge in [0.1, 0.15) is 17.7 Å². The van der Waals surface area contributed by atoms with Gasteiger partial charge in [-0.05, 0) is 104 Å². The lowest BCUT2D eigenvalue weighted by atomic mass is 9.96. The topological polar surface area (TPSA) is 164 Å². The molecular formula is C58H55FN10O5. The molecule has 0 radical (unpaired) electrons. The first-order valence-electron chi connectivity index (χ1n) is 25.4. The maximum atomic E-state index is 15.5. The lowest BCUT2D eigenvalue weighted by molar-refractivity contribution is -0.136. The summed E-state index contributed by atoms with van der Waals surface area (Å²) >= 11 is 0. The van der Waals surface area contributed by atoms with Gasteiger partial charge in [-0.25, -0.2) is 14.4 Å². The number of hydrogen-bond donors (Lipinski definition) is 2. The van der Waals surface area contributed by atoms with Crippen molar-refractivity contribution >= 4 is 64.1 Å². The molecule has 1 atom stereocenters. The largest absolute Gasteiger partial charge is 0.373 e. The number of nitrogens with one attached hydrogen (secondary N) is 2. The van der Waals surface area contributed by atoms with Gasteiger partial charge in [-0.2, -0.15) is 0 Å². The average Bonchev–Trinajstić information content (AvgIpc) is 3.66. The van der Waals surface area contributed by atoms with E-state index in [4.69, 9.17) is 9.97 Å². The van der Waals surface area contributed by atoms with E-state index < -0.39 is 35.5 Å². The van der Waals surface area contributed by atoms with Gasteiger partial charge in [0.05, 0.1) is 41.1 Å². The Morgan fingerprint density at radius 1 is 0.797 bits per heavy atom. The maximum absolute atomic E-state index is 15.5. The fourth-order valence-corrected chi connectivity index (χ4v) is 10.8. The van der Waals surface area contributed by atoms with Crippen molar-refractivity contribution in [3.8, 4) is 23.2 Å². The molecule has 6 aromatic rings. The van der Waals surface area contributed by atoms with Gasteiger partial charge < -0.3 is 15.1 Å². The highest BCUT2D eigenvalue weighted by molar-refractivity contribution is 6.23. The third-order valence-corrected chi connectivity index (χ3v) is 15.0. The molecule has 74 heavy (non-hydrogen) atoms. The SMILES string of the molecule is CNc1nc(-c2cnc3ccccc3c2)nc2c1CCN(C(=O)c1ccc(/C=C/c3ccc(C#CCN4CCC(CN5CCN(c6cc7c(cc6F)C(=O)N(C6CCC(=O)NC6=O)C7=O)CC5)CC4)cc3)cc1)C2. The summed E-state index contributed by atoms with van der Waals surface area (Å²) in [6.07, 6.45) is 8.79. The van der Waals surface area contributed by atoms with Crippen molar-refractivity contribution in [2.45, 2.75) is 44.7 Å². The number of piperazine rings is 1. The Hall–Kier alpha value is -8.13. The van der Waals surface area contributed by atoms with Gasteiger partial charge in [0, 0.05) is 86.6 Å².